The van der Waals surface area contributed by atoms with Gasteiger partial charge in [-0.05, 0) is 49.1 Å². The first-order chi connectivity index (χ1) is 14.9. The number of halogens is 3. The lowest BCUT2D eigenvalue weighted by molar-refractivity contribution is 0.0896. The summed E-state index contributed by atoms with van der Waals surface area (Å²) in [5.74, 6) is -2.29. The number of benzene rings is 2. The van der Waals surface area contributed by atoms with Gasteiger partial charge < -0.3 is 10.1 Å². The molecule has 2 heterocycles. The van der Waals surface area contributed by atoms with Gasteiger partial charge in [0.05, 0.1) is 16.9 Å². The largest absolute Gasteiger partial charge is 0.483 e. The van der Waals surface area contributed by atoms with Gasteiger partial charge in [-0.2, -0.15) is 0 Å². The number of amides is 1. The molecule has 0 bridgehead atoms. The second-order valence-electron chi connectivity index (χ2n) is 7.71. The van der Waals surface area contributed by atoms with Crippen molar-refractivity contribution in [2.45, 2.75) is 26.4 Å². The van der Waals surface area contributed by atoms with E-state index in [9.17, 15) is 13.6 Å². The molecule has 1 saturated heterocycles. The molecule has 5 nitrogen and oxygen atoms in total. The maximum absolute atomic E-state index is 14.9. The fourth-order valence-corrected chi connectivity index (χ4v) is 4.52. The Hall–Kier alpha value is -2.29. The molecule has 0 radical (unpaired) electrons. The summed E-state index contributed by atoms with van der Waals surface area (Å²) in [5, 5.41) is 3.81. The summed E-state index contributed by atoms with van der Waals surface area (Å²) in [6.45, 7) is 4.14. The second kappa shape index (κ2) is 9.46. The molecular formula is C22H22ClF2N3O2S. The van der Waals surface area contributed by atoms with E-state index < -0.39 is 23.1 Å². The van der Waals surface area contributed by atoms with Gasteiger partial charge in [0, 0.05) is 18.1 Å². The predicted molar refractivity (Wildman–Crippen MR) is 118 cm³/mol. The predicted octanol–water partition coefficient (Wildman–Crippen LogP) is 5.23. The number of thiazole rings is 1. The van der Waals surface area contributed by atoms with Crippen molar-refractivity contribution < 1.29 is 18.3 Å². The fourth-order valence-electron chi connectivity index (χ4n) is 3.49. The van der Waals surface area contributed by atoms with E-state index >= 15 is 0 Å². The van der Waals surface area contributed by atoms with Crippen LogP contribution < -0.4 is 10.1 Å². The Balaban J connectivity index is 1.43. The summed E-state index contributed by atoms with van der Waals surface area (Å²) in [6, 6.07) is 7.57. The summed E-state index contributed by atoms with van der Waals surface area (Å²) in [4.78, 5) is 18.9. The molecule has 1 aliphatic rings. The standard InChI is InChI=1S/C22H22ClF2N3O2S/c1-13-6-8-28(9-7-13)12-26-22(29)20-15(24)3-4-17(21(20)25)30-11-19-27-16-10-14(23)2-5-18(16)31-19/h2-5,10,13H,6-9,11-12H2,1H3,(H,26,29). The highest BCUT2D eigenvalue weighted by atomic mass is 35.5. The van der Waals surface area contributed by atoms with Crippen molar-refractivity contribution in [1.82, 2.24) is 15.2 Å². The molecule has 31 heavy (non-hydrogen) atoms. The zero-order valence-electron chi connectivity index (χ0n) is 17.0. The van der Waals surface area contributed by atoms with Crippen LogP contribution in [0.2, 0.25) is 5.02 Å². The van der Waals surface area contributed by atoms with E-state index in [1.807, 2.05) is 6.07 Å². The molecule has 0 saturated carbocycles. The SMILES string of the molecule is CC1CCN(CNC(=O)c2c(F)ccc(OCc3nc4cc(Cl)ccc4s3)c2F)CC1. The number of ether oxygens (including phenoxy) is 1. The number of hydrogen-bond donors (Lipinski definition) is 1. The van der Waals surface area contributed by atoms with E-state index in [1.54, 1.807) is 12.1 Å². The van der Waals surface area contributed by atoms with Crippen LogP contribution in [0.3, 0.4) is 0 Å². The molecule has 2 aromatic carbocycles. The first kappa shape index (κ1) is 21.9. The lowest BCUT2D eigenvalue weighted by atomic mass is 10.00. The molecule has 9 heteroatoms. The average Bonchev–Trinajstić information content (AvgIpc) is 3.15. The molecule has 1 aliphatic heterocycles. The molecule has 1 aromatic heterocycles. The van der Waals surface area contributed by atoms with Gasteiger partial charge in [-0.1, -0.05) is 18.5 Å². The van der Waals surface area contributed by atoms with Crippen molar-refractivity contribution in [3.05, 3.63) is 57.6 Å². The van der Waals surface area contributed by atoms with Crippen molar-refractivity contribution in [3.8, 4) is 5.75 Å². The van der Waals surface area contributed by atoms with Crippen LogP contribution in [0.1, 0.15) is 35.1 Å². The summed E-state index contributed by atoms with van der Waals surface area (Å²) in [5.41, 5.74) is 0.0850. The van der Waals surface area contributed by atoms with Gasteiger partial charge in [0.1, 0.15) is 23.0 Å². The molecule has 1 N–H and O–H groups in total. The smallest absolute Gasteiger partial charge is 0.258 e. The number of aromatic nitrogens is 1. The van der Waals surface area contributed by atoms with Crippen molar-refractivity contribution in [2.24, 2.45) is 5.92 Å². The minimum absolute atomic E-state index is 0.00740. The number of fused-ring (bicyclic) bond motifs is 1. The minimum atomic E-state index is -1.02. The highest BCUT2D eigenvalue weighted by molar-refractivity contribution is 7.18. The topological polar surface area (TPSA) is 54.5 Å². The van der Waals surface area contributed by atoms with Crippen LogP contribution in [0.25, 0.3) is 10.2 Å². The third kappa shape index (κ3) is 5.14. The van der Waals surface area contributed by atoms with Gasteiger partial charge >= 0.3 is 0 Å². The first-order valence-corrected chi connectivity index (χ1v) is 11.3. The Morgan fingerprint density at radius 1 is 1.29 bits per heavy atom. The molecule has 164 valence electrons. The number of rotatable bonds is 6. The van der Waals surface area contributed by atoms with E-state index in [2.05, 4.69) is 22.1 Å². The Labute approximate surface area is 188 Å². The molecule has 1 amide bonds. The number of nitrogens with one attached hydrogen (secondary N) is 1. The quantitative estimate of drug-likeness (QED) is 0.542. The van der Waals surface area contributed by atoms with Crippen molar-refractivity contribution in [2.75, 3.05) is 19.8 Å². The Morgan fingerprint density at radius 3 is 2.84 bits per heavy atom. The van der Waals surface area contributed by atoms with Crippen LogP contribution >= 0.6 is 22.9 Å². The zero-order chi connectivity index (χ0) is 22.0. The summed E-state index contributed by atoms with van der Waals surface area (Å²) < 4.78 is 35.6. The third-order valence-corrected chi connectivity index (χ3v) is 6.61. The summed E-state index contributed by atoms with van der Waals surface area (Å²) in [6.07, 6.45) is 2.08. The van der Waals surface area contributed by atoms with Crippen molar-refractivity contribution in [3.63, 3.8) is 0 Å². The number of carbonyl (C=O) groups excluding carboxylic acids is 1. The fraction of sp³-hybridized carbons (Fsp3) is 0.364. The van der Waals surface area contributed by atoms with Gasteiger partial charge in [0.25, 0.3) is 5.91 Å². The Kier molecular flexibility index (Phi) is 6.69. The first-order valence-electron chi connectivity index (χ1n) is 10.1. The lowest BCUT2D eigenvalue weighted by Gasteiger charge is -2.30. The second-order valence-corrected chi connectivity index (χ2v) is 9.26. The number of carbonyl (C=O) groups is 1. The van der Waals surface area contributed by atoms with Crippen LogP contribution in [0.5, 0.6) is 5.75 Å². The molecule has 0 unspecified atom stereocenters. The number of piperidine rings is 1. The maximum atomic E-state index is 14.9. The van der Waals surface area contributed by atoms with E-state index in [-0.39, 0.29) is 19.0 Å². The molecule has 0 spiro atoms. The lowest BCUT2D eigenvalue weighted by Crippen LogP contribution is -2.42. The van der Waals surface area contributed by atoms with Gasteiger partial charge in [0.2, 0.25) is 0 Å². The van der Waals surface area contributed by atoms with Crippen LogP contribution in [0, 0.1) is 17.6 Å². The van der Waals surface area contributed by atoms with Crippen molar-refractivity contribution in [1.29, 1.82) is 0 Å². The van der Waals surface area contributed by atoms with Gasteiger partial charge in [-0.25, -0.2) is 13.8 Å². The number of nitrogens with zero attached hydrogens (tertiary/aromatic N) is 2. The van der Waals surface area contributed by atoms with E-state index in [1.165, 1.54) is 17.4 Å². The van der Waals surface area contributed by atoms with Gasteiger partial charge in [-0.3, -0.25) is 9.69 Å². The van der Waals surface area contributed by atoms with Crippen LogP contribution in [-0.2, 0) is 6.61 Å². The molecule has 0 atom stereocenters. The van der Waals surface area contributed by atoms with Gasteiger partial charge in [-0.15, -0.1) is 11.3 Å². The maximum Gasteiger partial charge on any atom is 0.258 e. The van der Waals surface area contributed by atoms with Crippen LogP contribution in [0.4, 0.5) is 8.78 Å². The summed E-state index contributed by atoms with van der Waals surface area (Å²) in [7, 11) is 0. The average molecular weight is 466 g/mol. The Bertz CT molecular complexity index is 1100. The van der Waals surface area contributed by atoms with E-state index in [0.29, 0.717) is 15.9 Å². The Morgan fingerprint density at radius 2 is 2.06 bits per heavy atom. The molecule has 3 aromatic rings. The van der Waals surface area contributed by atoms with Crippen LogP contribution in [0.15, 0.2) is 30.3 Å². The highest BCUT2D eigenvalue weighted by Gasteiger charge is 2.23. The van der Waals surface area contributed by atoms with Gasteiger partial charge in [0.15, 0.2) is 11.6 Å². The normalized spacial score (nSPS) is 15.4. The molecule has 4 rings (SSSR count). The van der Waals surface area contributed by atoms with Crippen molar-refractivity contribution >= 4 is 39.1 Å². The number of hydrogen-bond acceptors (Lipinski definition) is 5. The number of likely N-dealkylation sites (tertiary alicyclic amines) is 1. The summed E-state index contributed by atoms with van der Waals surface area (Å²) >= 11 is 7.37. The molecule has 0 aliphatic carbocycles. The highest BCUT2D eigenvalue weighted by Crippen LogP contribution is 2.28. The minimum Gasteiger partial charge on any atom is -0.483 e. The zero-order valence-corrected chi connectivity index (χ0v) is 18.5. The molecule has 1 fully saturated rings. The third-order valence-electron chi connectivity index (χ3n) is 5.37. The van der Waals surface area contributed by atoms with E-state index in [4.69, 9.17) is 16.3 Å². The molecular weight excluding hydrogens is 444 g/mol. The van der Waals surface area contributed by atoms with Crippen LogP contribution in [-0.4, -0.2) is 35.5 Å². The monoisotopic (exact) mass is 465 g/mol. The van der Waals surface area contributed by atoms with E-state index in [0.717, 1.165) is 42.2 Å².